The van der Waals surface area contributed by atoms with Gasteiger partial charge >= 0.3 is 0 Å². The quantitative estimate of drug-likeness (QED) is 0.186. The van der Waals surface area contributed by atoms with Crippen LogP contribution in [-0.2, 0) is 0 Å². The van der Waals surface area contributed by atoms with Crippen molar-refractivity contribution in [3.63, 3.8) is 0 Å². The fourth-order valence-corrected chi connectivity index (χ4v) is 11.0. The molecule has 1 N–H and O–H groups in total. The summed E-state index contributed by atoms with van der Waals surface area (Å²) in [6.45, 7) is 0. The van der Waals surface area contributed by atoms with Crippen molar-refractivity contribution in [1.82, 2.24) is 9.88 Å². The number of nitrogens with one attached hydrogen (secondary N) is 1. The van der Waals surface area contributed by atoms with Gasteiger partial charge in [0.15, 0.2) is 5.84 Å². The Bertz CT molecular complexity index is 3390. The van der Waals surface area contributed by atoms with Gasteiger partial charge in [-0.25, -0.2) is 9.98 Å². The Morgan fingerprint density at radius 3 is 1.81 bits per heavy atom. The van der Waals surface area contributed by atoms with Crippen LogP contribution in [0.5, 0.6) is 0 Å². The maximum absolute atomic E-state index is 5.20. The first kappa shape index (κ1) is 32.4. The van der Waals surface area contributed by atoms with Gasteiger partial charge in [0.05, 0.1) is 11.0 Å². The van der Waals surface area contributed by atoms with E-state index >= 15 is 0 Å². The molecule has 4 heterocycles. The molecule has 3 aromatic heterocycles. The summed E-state index contributed by atoms with van der Waals surface area (Å²) in [5.74, 6) is 1.55. The zero-order chi connectivity index (χ0) is 37.5. The summed E-state index contributed by atoms with van der Waals surface area (Å²) in [5.41, 5.74) is 9.27. The highest BCUT2D eigenvalue weighted by atomic mass is 32.1. The Morgan fingerprint density at radius 1 is 0.456 bits per heavy atom. The molecule has 4 nitrogen and oxygen atoms in total. The van der Waals surface area contributed by atoms with E-state index in [-0.39, 0.29) is 6.17 Å². The van der Waals surface area contributed by atoms with Crippen molar-refractivity contribution in [3.05, 3.63) is 199 Å². The molecule has 1 unspecified atom stereocenters. The van der Waals surface area contributed by atoms with E-state index in [1.807, 2.05) is 34.8 Å². The summed E-state index contributed by atoms with van der Waals surface area (Å²) in [4.78, 5) is 10.3. The molecule has 0 spiro atoms. The van der Waals surface area contributed by atoms with Crippen LogP contribution in [0.25, 0.3) is 79.0 Å². The van der Waals surface area contributed by atoms with Crippen LogP contribution in [0.1, 0.15) is 22.9 Å². The van der Waals surface area contributed by atoms with E-state index in [1.165, 1.54) is 79.0 Å². The second-order valence-electron chi connectivity index (χ2n) is 14.6. The number of benzene rings is 8. The number of thiophene rings is 2. The minimum Gasteiger partial charge on any atom is -0.344 e. The molecule has 0 aliphatic carbocycles. The highest BCUT2D eigenvalue weighted by molar-refractivity contribution is 7.26. The zero-order valence-electron chi connectivity index (χ0n) is 30.6. The average Bonchev–Trinajstić information content (AvgIpc) is 3.96. The van der Waals surface area contributed by atoms with E-state index in [2.05, 4.69) is 180 Å². The molecule has 0 saturated heterocycles. The molecule has 1 aliphatic rings. The molecule has 12 rings (SSSR count). The van der Waals surface area contributed by atoms with E-state index in [4.69, 9.17) is 9.98 Å². The lowest BCUT2D eigenvalue weighted by Crippen LogP contribution is -2.33. The van der Waals surface area contributed by atoms with Gasteiger partial charge in [0.1, 0.15) is 12.0 Å². The lowest BCUT2D eigenvalue weighted by molar-refractivity contribution is 0.674. The summed E-state index contributed by atoms with van der Waals surface area (Å²) in [6.07, 6.45) is -0.251. The van der Waals surface area contributed by atoms with Gasteiger partial charge in [0.25, 0.3) is 0 Å². The summed E-state index contributed by atoms with van der Waals surface area (Å²) in [6, 6.07) is 65.5. The topological polar surface area (TPSA) is 41.7 Å². The fraction of sp³-hybridized carbons (Fsp3) is 0.0196. The minimum absolute atomic E-state index is 0.251. The number of hydrogen-bond acceptors (Lipinski definition) is 5. The lowest BCUT2D eigenvalue weighted by atomic mass is 9.95. The Balaban J connectivity index is 1.02. The van der Waals surface area contributed by atoms with E-state index < -0.39 is 0 Å². The molecular formula is C51H32N4S2. The van der Waals surface area contributed by atoms with Crippen molar-refractivity contribution in [3.8, 4) is 16.8 Å². The van der Waals surface area contributed by atoms with Gasteiger partial charge in [0.2, 0.25) is 0 Å². The van der Waals surface area contributed by atoms with Crippen molar-refractivity contribution >= 4 is 96.5 Å². The fourth-order valence-electron chi connectivity index (χ4n) is 8.70. The number of rotatable bonds is 5. The first-order chi connectivity index (χ1) is 28.2. The van der Waals surface area contributed by atoms with Gasteiger partial charge in [-0.1, -0.05) is 127 Å². The van der Waals surface area contributed by atoms with Crippen LogP contribution in [0.15, 0.2) is 192 Å². The maximum Gasteiger partial charge on any atom is 0.159 e. The molecule has 11 aromatic rings. The third-order valence-corrected chi connectivity index (χ3v) is 13.5. The van der Waals surface area contributed by atoms with Gasteiger partial charge in [0, 0.05) is 67.9 Å². The molecule has 0 radical (unpaired) electrons. The number of para-hydroxylation sites is 2. The SMILES string of the molecule is c1ccc(C2=NC(c3ccc4sc5cccc(-c6cccc7sc8cc(-n9c%10ccccc%10c%10ccccc%109)ccc8c67)c5c4c3)=NC(c3ccccc3)N2)cc1. The van der Waals surface area contributed by atoms with E-state index in [1.54, 1.807) is 0 Å². The average molecular weight is 765 g/mol. The highest BCUT2D eigenvalue weighted by Crippen LogP contribution is 2.46. The van der Waals surface area contributed by atoms with Crippen LogP contribution in [0.4, 0.5) is 0 Å². The summed E-state index contributed by atoms with van der Waals surface area (Å²) in [7, 11) is 0. The lowest BCUT2D eigenvalue weighted by Gasteiger charge is -2.23. The molecule has 1 atom stereocenters. The van der Waals surface area contributed by atoms with Gasteiger partial charge in [-0.2, -0.15) is 0 Å². The van der Waals surface area contributed by atoms with Gasteiger partial charge < -0.3 is 9.88 Å². The first-order valence-electron chi connectivity index (χ1n) is 19.2. The van der Waals surface area contributed by atoms with Crippen LogP contribution >= 0.6 is 22.7 Å². The summed E-state index contributed by atoms with van der Waals surface area (Å²) < 4.78 is 7.50. The van der Waals surface area contributed by atoms with Crippen molar-refractivity contribution in [1.29, 1.82) is 0 Å². The molecule has 0 bridgehead atoms. The summed E-state index contributed by atoms with van der Waals surface area (Å²) in [5, 5.41) is 11.2. The number of nitrogens with zero attached hydrogens (tertiary/aromatic N) is 3. The third-order valence-electron chi connectivity index (χ3n) is 11.3. The molecule has 6 heteroatoms. The second-order valence-corrected chi connectivity index (χ2v) is 16.7. The van der Waals surface area contributed by atoms with E-state index in [0.29, 0.717) is 0 Å². The predicted molar refractivity (Wildman–Crippen MR) is 244 cm³/mol. The zero-order valence-corrected chi connectivity index (χ0v) is 32.2. The number of amidine groups is 2. The highest BCUT2D eigenvalue weighted by Gasteiger charge is 2.23. The largest absolute Gasteiger partial charge is 0.344 e. The van der Waals surface area contributed by atoms with Crippen molar-refractivity contribution < 1.29 is 0 Å². The van der Waals surface area contributed by atoms with Gasteiger partial charge in [-0.3, -0.25) is 0 Å². The van der Waals surface area contributed by atoms with E-state index in [9.17, 15) is 0 Å². The monoisotopic (exact) mass is 764 g/mol. The Hall–Kier alpha value is -6.86. The van der Waals surface area contributed by atoms with Crippen molar-refractivity contribution in [2.24, 2.45) is 9.98 Å². The molecule has 0 saturated carbocycles. The first-order valence-corrected chi connectivity index (χ1v) is 20.8. The molecule has 268 valence electrons. The smallest absolute Gasteiger partial charge is 0.159 e. The number of fused-ring (bicyclic) bond motifs is 9. The molecule has 1 aliphatic heterocycles. The third kappa shape index (κ3) is 5.18. The van der Waals surface area contributed by atoms with Crippen LogP contribution in [0.2, 0.25) is 0 Å². The van der Waals surface area contributed by atoms with Crippen LogP contribution < -0.4 is 5.32 Å². The molecule has 8 aromatic carbocycles. The Kier molecular flexibility index (Phi) is 7.30. The standard InChI is InChI=1S/C51H32N4S2/c1-3-13-31(14-4-1)49-52-50(32-15-5-2-6-16-32)54-51(53-49)33-25-28-43-40(29-33)48-38(20-12-24-45(48)56-43)37-19-11-23-44-47(37)39-27-26-34(30-46(39)57-44)55-41-21-9-7-17-35(41)36-18-8-10-22-42(36)55/h1-30,49H,(H,52,53,54). The minimum atomic E-state index is -0.251. The predicted octanol–water partition coefficient (Wildman–Crippen LogP) is 13.7. The van der Waals surface area contributed by atoms with Crippen LogP contribution in [0, 0.1) is 0 Å². The molecular weight excluding hydrogens is 733 g/mol. The van der Waals surface area contributed by atoms with Gasteiger partial charge in [-0.15, -0.1) is 22.7 Å². The molecule has 57 heavy (non-hydrogen) atoms. The van der Waals surface area contributed by atoms with Crippen LogP contribution in [-0.4, -0.2) is 16.2 Å². The number of aromatic nitrogens is 1. The Morgan fingerprint density at radius 2 is 1.09 bits per heavy atom. The molecule has 0 fully saturated rings. The number of aliphatic imine (C=N–C) groups is 2. The maximum atomic E-state index is 5.20. The van der Waals surface area contributed by atoms with E-state index in [0.717, 1.165) is 28.4 Å². The summed E-state index contributed by atoms with van der Waals surface area (Å²) >= 11 is 3.72. The second kappa shape index (κ2) is 12.8. The van der Waals surface area contributed by atoms with Crippen molar-refractivity contribution in [2.45, 2.75) is 6.17 Å². The van der Waals surface area contributed by atoms with Crippen LogP contribution in [0.3, 0.4) is 0 Å². The molecule has 0 amide bonds. The Labute approximate surface area is 336 Å². The normalized spacial score (nSPS) is 14.5. The number of hydrogen-bond donors (Lipinski definition) is 1. The van der Waals surface area contributed by atoms with Crippen molar-refractivity contribution in [2.75, 3.05) is 0 Å². The van der Waals surface area contributed by atoms with Gasteiger partial charge in [-0.05, 0) is 71.3 Å².